The van der Waals surface area contributed by atoms with Crippen molar-refractivity contribution in [3.05, 3.63) is 36.0 Å². The average molecular weight is 328 g/mol. The predicted octanol–water partition coefficient (Wildman–Crippen LogP) is 1.36. The first-order valence-electron chi connectivity index (χ1n) is 7.84. The van der Waals surface area contributed by atoms with Crippen molar-refractivity contribution in [3.8, 4) is 0 Å². The topological polar surface area (TPSA) is 101 Å². The third-order valence-electron chi connectivity index (χ3n) is 4.27. The van der Waals surface area contributed by atoms with E-state index in [1.807, 2.05) is 37.4 Å². The first kappa shape index (κ1) is 16.2. The van der Waals surface area contributed by atoms with Crippen LogP contribution in [0, 0.1) is 0 Å². The molecule has 0 spiro atoms. The van der Waals surface area contributed by atoms with Gasteiger partial charge in [-0.1, -0.05) is 25.1 Å². The molecular weight excluding hydrogens is 308 g/mol. The molecule has 0 aliphatic carbocycles. The number of carbonyl (C=O) groups excluding carboxylic acids is 2. The summed E-state index contributed by atoms with van der Waals surface area (Å²) in [5, 5.41) is 1.04. The van der Waals surface area contributed by atoms with E-state index in [9.17, 15) is 9.59 Å². The van der Waals surface area contributed by atoms with Crippen LogP contribution in [-0.4, -0.2) is 47.4 Å². The van der Waals surface area contributed by atoms with E-state index in [1.54, 1.807) is 0 Å². The molecular formula is C17H20N4O3. The lowest BCUT2D eigenvalue weighted by Gasteiger charge is -2.20. The number of ether oxygens (including phenoxy) is 1. The monoisotopic (exact) mass is 328 g/mol. The summed E-state index contributed by atoms with van der Waals surface area (Å²) in [6.07, 6.45) is 1.32. The number of nitrogens with zero attached hydrogens (tertiary/aromatic N) is 2. The first-order chi connectivity index (χ1) is 11.5. The number of rotatable bonds is 4. The molecule has 7 nitrogen and oxygen atoms in total. The summed E-state index contributed by atoms with van der Waals surface area (Å²) in [6, 6.07) is 7.91. The van der Waals surface area contributed by atoms with Gasteiger partial charge in [-0.15, -0.1) is 0 Å². The zero-order valence-corrected chi connectivity index (χ0v) is 13.7. The van der Waals surface area contributed by atoms with Gasteiger partial charge in [-0.3, -0.25) is 14.5 Å². The maximum atomic E-state index is 12.3. The van der Waals surface area contributed by atoms with Crippen LogP contribution in [0.2, 0.25) is 0 Å². The van der Waals surface area contributed by atoms with Crippen LogP contribution in [-0.2, 0) is 14.3 Å². The maximum Gasteiger partial charge on any atom is 0.302 e. The Morgan fingerprint density at radius 2 is 2.21 bits per heavy atom. The molecule has 2 heterocycles. The fraction of sp³-hybridized carbons (Fsp3) is 0.353. The number of aromatic amines is 1. The minimum absolute atomic E-state index is 0.0372. The number of benzene rings is 1. The zero-order chi connectivity index (χ0) is 17.3. The molecule has 0 fully saturated rings. The Morgan fingerprint density at radius 3 is 2.96 bits per heavy atom. The minimum atomic E-state index is -0.743. The van der Waals surface area contributed by atoms with Gasteiger partial charge in [0.05, 0.1) is 0 Å². The lowest BCUT2D eigenvalue weighted by Crippen LogP contribution is -2.36. The summed E-state index contributed by atoms with van der Waals surface area (Å²) in [4.78, 5) is 32.5. The van der Waals surface area contributed by atoms with Gasteiger partial charge in [0.15, 0.2) is 6.10 Å². The molecule has 0 saturated carbocycles. The van der Waals surface area contributed by atoms with Crippen LogP contribution >= 0.6 is 0 Å². The number of nitrogens with one attached hydrogen (secondary N) is 1. The first-order valence-corrected chi connectivity index (χ1v) is 7.84. The number of amides is 2. The van der Waals surface area contributed by atoms with E-state index in [1.165, 1.54) is 11.9 Å². The molecule has 0 saturated heterocycles. The minimum Gasteiger partial charge on any atom is -0.450 e. The lowest BCUT2D eigenvalue weighted by atomic mass is 9.94. The highest BCUT2D eigenvalue weighted by Crippen LogP contribution is 2.31. The number of fused-ring (bicyclic) bond motifs is 1. The van der Waals surface area contributed by atoms with Gasteiger partial charge in [0.25, 0.3) is 5.91 Å². The Kier molecular flexibility index (Phi) is 4.35. The number of aromatic nitrogens is 1. The molecule has 126 valence electrons. The second-order valence-electron chi connectivity index (χ2n) is 5.84. The molecule has 0 radical (unpaired) electrons. The van der Waals surface area contributed by atoms with Crippen LogP contribution in [0.15, 0.2) is 35.5 Å². The molecule has 0 bridgehead atoms. The van der Waals surface area contributed by atoms with Crippen molar-refractivity contribution >= 4 is 28.7 Å². The van der Waals surface area contributed by atoms with Crippen molar-refractivity contribution in [1.82, 2.24) is 9.88 Å². The summed E-state index contributed by atoms with van der Waals surface area (Å²) >= 11 is 0. The van der Waals surface area contributed by atoms with Crippen molar-refractivity contribution in [2.75, 3.05) is 13.6 Å². The van der Waals surface area contributed by atoms with Gasteiger partial charge in [-0.2, -0.15) is 4.99 Å². The summed E-state index contributed by atoms with van der Waals surface area (Å²) in [5.74, 6) is -0.812. The van der Waals surface area contributed by atoms with E-state index < -0.39 is 6.10 Å². The summed E-state index contributed by atoms with van der Waals surface area (Å²) in [7, 11) is 1.53. The molecule has 24 heavy (non-hydrogen) atoms. The molecule has 1 aliphatic rings. The molecule has 3 rings (SSSR count). The highest BCUT2D eigenvalue weighted by Gasteiger charge is 2.38. The van der Waals surface area contributed by atoms with Crippen LogP contribution < -0.4 is 5.73 Å². The van der Waals surface area contributed by atoms with Crippen LogP contribution in [0.25, 0.3) is 10.9 Å². The van der Waals surface area contributed by atoms with Gasteiger partial charge in [0, 0.05) is 43.0 Å². The third-order valence-corrected chi connectivity index (χ3v) is 4.27. The van der Waals surface area contributed by atoms with Gasteiger partial charge >= 0.3 is 6.02 Å². The number of hydrogen-bond acceptors (Lipinski definition) is 4. The van der Waals surface area contributed by atoms with Crippen molar-refractivity contribution in [2.24, 2.45) is 10.7 Å². The Bertz CT molecular complexity index is 811. The second-order valence-corrected chi connectivity index (χ2v) is 5.84. The zero-order valence-electron chi connectivity index (χ0n) is 13.7. The smallest absolute Gasteiger partial charge is 0.302 e. The van der Waals surface area contributed by atoms with Gasteiger partial charge < -0.3 is 15.5 Å². The van der Waals surface area contributed by atoms with Crippen molar-refractivity contribution in [3.63, 3.8) is 0 Å². The Balaban J connectivity index is 1.79. The number of aliphatic imine (C=N–C) groups is 1. The van der Waals surface area contributed by atoms with Crippen LogP contribution in [0.3, 0.4) is 0 Å². The van der Waals surface area contributed by atoms with Crippen LogP contribution in [0.5, 0.6) is 0 Å². The van der Waals surface area contributed by atoms with E-state index in [0.717, 1.165) is 16.5 Å². The number of carbonyl (C=O) groups is 2. The van der Waals surface area contributed by atoms with Crippen molar-refractivity contribution in [1.29, 1.82) is 0 Å². The largest absolute Gasteiger partial charge is 0.450 e. The molecule has 1 aromatic heterocycles. The third kappa shape index (κ3) is 2.78. The van der Waals surface area contributed by atoms with Crippen molar-refractivity contribution < 1.29 is 14.3 Å². The molecule has 0 unspecified atom stereocenters. The Morgan fingerprint density at radius 1 is 1.46 bits per heavy atom. The molecule has 1 aliphatic heterocycles. The standard InChI is InChI=1S/C17H20N4O3/c1-10(12-9-19-13-6-4-3-5-11(12)13)15-16(23)20-17(24-15)21(2)14(22)7-8-18/h3-6,9-10,15,19H,7-8,18H2,1-2H3/t10-,15+/m1/s1. The van der Waals surface area contributed by atoms with Gasteiger partial charge in [-0.05, 0) is 11.6 Å². The number of nitrogens with two attached hydrogens (primary N) is 1. The fourth-order valence-electron chi connectivity index (χ4n) is 2.85. The molecule has 7 heteroatoms. The van der Waals surface area contributed by atoms with Crippen LogP contribution in [0.1, 0.15) is 24.8 Å². The SMILES string of the molecule is C[C@H](c1c[nH]c2ccccc12)[C@@H]1OC(N(C)C(=O)CCN)=NC1=O. The summed E-state index contributed by atoms with van der Waals surface area (Å²) in [6.45, 7) is 2.15. The van der Waals surface area contributed by atoms with Crippen LogP contribution in [0.4, 0.5) is 0 Å². The second kappa shape index (κ2) is 6.45. The van der Waals surface area contributed by atoms with E-state index in [2.05, 4.69) is 9.98 Å². The van der Waals surface area contributed by atoms with Crippen molar-refractivity contribution in [2.45, 2.75) is 25.4 Å². The van der Waals surface area contributed by atoms with Gasteiger partial charge in [-0.25, -0.2) is 0 Å². The van der Waals surface area contributed by atoms with Gasteiger partial charge in [0.2, 0.25) is 5.91 Å². The summed E-state index contributed by atoms with van der Waals surface area (Å²) in [5.41, 5.74) is 7.37. The number of amidine groups is 1. The van der Waals surface area contributed by atoms with E-state index in [4.69, 9.17) is 10.5 Å². The highest BCUT2D eigenvalue weighted by molar-refractivity contribution is 6.04. The average Bonchev–Trinajstić information content (AvgIpc) is 3.17. The highest BCUT2D eigenvalue weighted by atomic mass is 16.5. The fourth-order valence-corrected chi connectivity index (χ4v) is 2.85. The summed E-state index contributed by atoms with van der Waals surface area (Å²) < 4.78 is 5.69. The quantitative estimate of drug-likeness (QED) is 0.885. The molecule has 2 aromatic rings. The molecule has 3 N–H and O–H groups in total. The molecule has 1 aromatic carbocycles. The maximum absolute atomic E-state index is 12.3. The number of para-hydroxylation sites is 1. The number of hydrogen-bond donors (Lipinski definition) is 2. The Labute approximate surface area is 139 Å². The van der Waals surface area contributed by atoms with E-state index in [-0.39, 0.29) is 36.7 Å². The van der Waals surface area contributed by atoms with E-state index >= 15 is 0 Å². The van der Waals surface area contributed by atoms with Gasteiger partial charge in [0.1, 0.15) is 0 Å². The Hall–Kier alpha value is -2.67. The molecule has 2 atom stereocenters. The number of H-pyrrole nitrogens is 1. The normalized spacial score (nSPS) is 18.4. The lowest BCUT2D eigenvalue weighted by molar-refractivity contribution is -0.128. The van der Waals surface area contributed by atoms with E-state index in [0.29, 0.717) is 0 Å². The predicted molar refractivity (Wildman–Crippen MR) is 90.5 cm³/mol. The molecule has 2 amide bonds.